The van der Waals surface area contributed by atoms with E-state index in [1.165, 1.54) is 23.5 Å². The smallest absolute Gasteiger partial charge is 0.129 e. The second-order valence-electron chi connectivity index (χ2n) is 6.21. The maximum atomic E-state index is 4.89. The second-order valence-corrected chi connectivity index (χ2v) is 6.21. The standard InChI is InChI=1S/C17H30N4/c1-5-7-15-10-14(12-18-6-2)11-17(19-15)21-9-8-16(13-21)20(3)4/h10-11,16,18H,5-9,12-13H2,1-4H3. The van der Waals surface area contributed by atoms with Gasteiger partial charge in [0.05, 0.1) is 0 Å². The monoisotopic (exact) mass is 290 g/mol. The number of hydrogen-bond donors (Lipinski definition) is 1. The van der Waals surface area contributed by atoms with E-state index in [0.717, 1.165) is 39.0 Å². The van der Waals surface area contributed by atoms with Crippen LogP contribution in [0.3, 0.4) is 0 Å². The fourth-order valence-electron chi connectivity index (χ4n) is 2.92. The van der Waals surface area contributed by atoms with E-state index in [0.29, 0.717) is 6.04 Å². The lowest BCUT2D eigenvalue weighted by molar-refractivity contribution is 0.315. The van der Waals surface area contributed by atoms with Crippen molar-refractivity contribution in [1.82, 2.24) is 15.2 Å². The van der Waals surface area contributed by atoms with Crippen LogP contribution in [0.15, 0.2) is 12.1 Å². The van der Waals surface area contributed by atoms with Crippen molar-refractivity contribution >= 4 is 5.82 Å². The van der Waals surface area contributed by atoms with Crippen molar-refractivity contribution in [3.8, 4) is 0 Å². The Balaban J connectivity index is 2.15. The van der Waals surface area contributed by atoms with Crippen molar-refractivity contribution < 1.29 is 0 Å². The van der Waals surface area contributed by atoms with Gasteiger partial charge in [0, 0.05) is 31.4 Å². The van der Waals surface area contributed by atoms with Gasteiger partial charge in [0.1, 0.15) is 5.82 Å². The first-order chi connectivity index (χ1) is 10.1. The van der Waals surface area contributed by atoms with Crippen LogP contribution in [0.1, 0.15) is 37.9 Å². The summed E-state index contributed by atoms with van der Waals surface area (Å²) in [6, 6.07) is 5.17. The van der Waals surface area contributed by atoms with Crippen LogP contribution in [-0.4, -0.2) is 49.7 Å². The molecule has 1 aromatic rings. The highest BCUT2D eigenvalue weighted by Gasteiger charge is 2.25. The van der Waals surface area contributed by atoms with E-state index < -0.39 is 0 Å². The quantitative estimate of drug-likeness (QED) is 0.835. The highest BCUT2D eigenvalue weighted by molar-refractivity contribution is 5.44. The van der Waals surface area contributed by atoms with Crippen LogP contribution in [0.25, 0.3) is 0 Å². The zero-order valence-electron chi connectivity index (χ0n) is 14.0. The molecule has 1 aromatic heterocycles. The molecule has 1 aliphatic rings. The van der Waals surface area contributed by atoms with Gasteiger partial charge in [-0.3, -0.25) is 0 Å². The Morgan fingerprint density at radius 2 is 2.14 bits per heavy atom. The summed E-state index contributed by atoms with van der Waals surface area (Å²) < 4.78 is 0. The number of aromatic nitrogens is 1. The number of anilines is 1. The molecule has 1 unspecified atom stereocenters. The molecule has 2 rings (SSSR count). The van der Waals surface area contributed by atoms with Gasteiger partial charge in [-0.2, -0.15) is 0 Å². The van der Waals surface area contributed by atoms with Gasteiger partial charge in [0.2, 0.25) is 0 Å². The van der Waals surface area contributed by atoms with Gasteiger partial charge in [-0.25, -0.2) is 4.98 Å². The largest absolute Gasteiger partial charge is 0.355 e. The number of aryl methyl sites for hydroxylation is 1. The molecule has 1 atom stereocenters. The molecule has 1 N–H and O–H groups in total. The molecule has 4 heteroatoms. The third kappa shape index (κ3) is 4.42. The van der Waals surface area contributed by atoms with Crippen LogP contribution in [0.5, 0.6) is 0 Å². The number of hydrogen-bond acceptors (Lipinski definition) is 4. The molecule has 1 fully saturated rings. The average Bonchev–Trinajstić information content (AvgIpc) is 2.95. The van der Waals surface area contributed by atoms with Gasteiger partial charge >= 0.3 is 0 Å². The fourth-order valence-corrected chi connectivity index (χ4v) is 2.92. The molecule has 21 heavy (non-hydrogen) atoms. The van der Waals surface area contributed by atoms with Crippen LogP contribution in [0.2, 0.25) is 0 Å². The first kappa shape index (κ1) is 16.2. The van der Waals surface area contributed by atoms with Crippen LogP contribution in [0.4, 0.5) is 5.82 Å². The zero-order valence-corrected chi connectivity index (χ0v) is 14.0. The van der Waals surface area contributed by atoms with E-state index in [1.54, 1.807) is 0 Å². The molecule has 0 aliphatic carbocycles. The van der Waals surface area contributed by atoms with E-state index in [-0.39, 0.29) is 0 Å². The first-order valence-electron chi connectivity index (χ1n) is 8.26. The molecule has 4 nitrogen and oxygen atoms in total. The molecule has 0 bridgehead atoms. The van der Waals surface area contributed by atoms with E-state index in [2.05, 4.69) is 55.2 Å². The molecule has 0 radical (unpaired) electrons. The van der Waals surface area contributed by atoms with Crippen molar-refractivity contribution in [2.24, 2.45) is 0 Å². The van der Waals surface area contributed by atoms with E-state index in [1.807, 2.05) is 0 Å². The lowest BCUT2D eigenvalue weighted by Gasteiger charge is -2.22. The van der Waals surface area contributed by atoms with Gasteiger partial charge in [-0.15, -0.1) is 0 Å². The molecule has 0 saturated carbocycles. The third-order valence-corrected chi connectivity index (χ3v) is 4.23. The third-order valence-electron chi connectivity index (χ3n) is 4.23. The lowest BCUT2D eigenvalue weighted by Crippen LogP contribution is -2.31. The van der Waals surface area contributed by atoms with E-state index in [9.17, 15) is 0 Å². The number of nitrogens with one attached hydrogen (secondary N) is 1. The van der Waals surface area contributed by atoms with Gasteiger partial charge in [0.25, 0.3) is 0 Å². The molecule has 2 heterocycles. The van der Waals surface area contributed by atoms with Crippen molar-refractivity contribution in [2.75, 3.05) is 38.6 Å². The van der Waals surface area contributed by atoms with E-state index in [4.69, 9.17) is 4.98 Å². The number of rotatable bonds is 7. The lowest BCUT2D eigenvalue weighted by atomic mass is 10.1. The maximum absolute atomic E-state index is 4.89. The average molecular weight is 290 g/mol. The number of likely N-dealkylation sites (N-methyl/N-ethyl adjacent to an activating group) is 1. The number of pyridine rings is 1. The van der Waals surface area contributed by atoms with Crippen LogP contribution in [-0.2, 0) is 13.0 Å². The summed E-state index contributed by atoms with van der Waals surface area (Å²) in [4.78, 5) is 9.66. The van der Waals surface area contributed by atoms with Gasteiger partial charge in [-0.1, -0.05) is 20.3 Å². The van der Waals surface area contributed by atoms with Gasteiger partial charge in [0.15, 0.2) is 0 Å². The van der Waals surface area contributed by atoms with Gasteiger partial charge in [-0.05, 0) is 51.2 Å². The summed E-state index contributed by atoms with van der Waals surface area (Å²) in [6.07, 6.45) is 3.45. The maximum Gasteiger partial charge on any atom is 0.129 e. The Kier molecular flexibility index (Phi) is 6.00. The molecule has 118 valence electrons. The second kappa shape index (κ2) is 7.76. The molecular formula is C17H30N4. The predicted molar refractivity (Wildman–Crippen MR) is 89.9 cm³/mol. The van der Waals surface area contributed by atoms with Gasteiger partial charge < -0.3 is 15.1 Å². The molecule has 0 amide bonds. The fraction of sp³-hybridized carbons (Fsp3) is 0.706. The van der Waals surface area contributed by atoms with Crippen LogP contribution >= 0.6 is 0 Å². The SMILES string of the molecule is CCCc1cc(CNCC)cc(N2CCC(N(C)C)C2)n1. The minimum absolute atomic E-state index is 0.652. The Morgan fingerprint density at radius 3 is 2.76 bits per heavy atom. The highest BCUT2D eigenvalue weighted by atomic mass is 15.3. The van der Waals surface area contributed by atoms with Crippen molar-refractivity contribution in [3.63, 3.8) is 0 Å². The van der Waals surface area contributed by atoms with Crippen LogP contribution < -0.4 is 10.2 Å². The summed E-state index contributed by atoms with van der Waals surface area (Å²) in [6.45, 7) is 8.52. The Bertz CT molecular complexity index is 444. The topological polar surface area (TPSA) is 31.4 Å². The van der Waals surface area contributed by atoms with Crippen molar-refractivity contribution in [3.05, 3.63) is 23.4 Å². The molecule has 0 spiro atoms. The van der Waals surface area contributed by atoms with Crippen LogP contribution in [0, 0.1) is 0 Å². The molecule has 0 aromatic carbocycles. The summed E-state index contributed by atoms with van der Waals surface area (Å²) >= 11 is 0. The summed E-state index contributed by atoms with van der Waals surface area (Å²) in [7, 11) is 4.34. The molecule has 1 aliphatic heterocycles. The summed E-state index contributed by atoms with van der Waals surface area (Å²) in [5, 5.41) is 3.42. The van der Waals surface area contributed by atoms with Crippen molar-refractivity contribution in [1.29, 1.82) is 0 Å². The highest BCUT2D eigenvalue weighted by Crippen LogP contribution is 2.22. The summed E-state index contributed by atoms with van der Waals surface area (Å²) in [5.74, 6) is 1.17. The Labute approximate surface area is 129 Å². The molecular weight excluding hydrogens is 260 g/mol. The zero-order chi connectivity index (χ0) is 15.2. The Morgan fingerprint density at radius 1 is 1.33 bits per heavy atom. The van der Waals surface area contributed by atoms with E-state index >= 15 is 0 Å². The molecule has 1 saturated heterocycles. The normalized spacial score (nSPS) is 18.7. The minimum Gasteiger partial charge on any atom is -0.355 e. The minimum atomic E-state index is 0.652. The Hall–Kier alpha value is -1.13. The first-order valence-corrected chi connectivity index (χ1v) is 8.26. The predicted octanol–water partition coefficient (Wildman–Crippen LogP) is 2.28. The number of nitrogens with zero attached hydrogens (tertiary/aromatic N) is 3. The van der Waals surface area contributed by atoms with Crippen molar-refractivity contribution in [2.45, 2.75) is 45.7 Å². The summed E-state index contributed by atoms with van der Waals surface area (Å²) in [5.41, 5.74) is 2.59.